The molecule has 0 heterocycles. The van der Waals surface area contributed by atoms with Crippen LogP contribution in [0.5, 0.6) is 0 Å². The van der Waals surface area contributed by atoms with Gasteiger partial charge in [-0.25, -0.2) is 0 Å². The quantitative estimate of drug-likeness (QED) is 0.520. The molecule has 1 amide bonds. The Labute approximate surface area is 79.8 Å². The summed E-state index contributed by atoms with van der Waals surface area (Å²) in [5, 5.41) is 12.2. The van der Waals surface area contributed by atoms with E-state index in [1.807, 2.05) is 20.8 Å². The minimum atomic E-state index is -0.173. The van der Waals surface area contributed by atoms with E-state index < -0.39 is 0 Å². The third-order valence-corrected chi connectivity index (χ3v) is 1.81. The fourth-order valence-electron chi connectivity index (χ4n) is 0.920. The van der Waals surface area contributed by atoms with Crippen molar-refractivity contribution in [3.05, 3.63) is 11.3 Å². The molecule has 0 fully saturated rings. The average molecular weight is 185 g/mol. The van der Waals surface area contributed by atoms with E-state index in [4.69, 9.17) is 0 Å². The topological polar surface area (TPSA) is 49.3 Å². The number of nitrogens with one attached hydrogen (secondary N) is 1. The minimum Gasteiger partial charge on any atom is -0.512 e. The van der Waals surface area contributed by atoms with Crippen LogP contribution < -0.4 is 5.32 Å². The van der Waals surface area contributed by atoms with E-state index >= 15 is 0 Å². The highest BCUT2D eigenvalue weighted by Crippen LogP contribution is 2.10. The molecule has 0 saturated heterocycles. The molecule has 0 aliphatic carbocycles. The Morgan fingerprint density at radius 2 is 2.00 bits per heavy atom. The second kappa shape index (κ2) is 5.62. The van der Waals surface area contributed by atoms with E-state index in [1.54, 1.807) is 6.92 Å². The van der Waals surface area contributed by atoms with Crippen molar-refractivity contribution in [3.8, 4) is 0 Å². The SMILES string of the molecule is CCCNC(=O)C(C)=C(O)C(C)C. The molecule has 0 unspecified atom stereocenters. The molecule has 0 aromatic heterocycles. The molecule has 0 rings (SSSR count). The highest BCUT2D eigenvalue weighted by molar-refractivity contribution is 5.93. The van der Waals surface area contributed by atoms with Gasteiger partial charge in [-0.15, -0.1) is 0 Å². The molecule has 2 N–H and O–H groups in total. The van der Waals surface area contributed by atoms with Gasteiger partial charge in [0.05, 0.1) is 5.57 Å². The van der Waals surface area contributed by atoms with Crippen molar-refractivity contribution in [3.63, 3.8) is 0 Å². The summed E-state index contributed by atoms with van der Waals surface area (Å²) >= 11 is 0. The van der Waals surface area contributed by atoms with Gasteiger partial charge in [0.1, 0.15) is 5.76 Å². The fourth-order valence-corrected chi connectivity index (χ4v) is 0.920. The molecular weight excluding hydrogens is 166 g/mol. The molecular formula is C10H19NO2. The zero-order valence-electron chi connectivity index (χ0n) is 8.85. The first-order valence-corrected chi connectivity index (χ1v) is 4.68. The van der Waals surface area contributed by atoms with Crippen LogP contribution in [0.15, 0.2) is 11.3 Å². The molecule has 0 aromatic carbocycles. The van der Waals surface area contributed by atoms with E-state index in [-0.39, 0.29) is 17.6 Å². The lowest BCUT2D eigenvalue weighted by Gasteiger charge is -2.09. The van der Waals surface area contributed by atoms with Crippen LogP contribution in [0.1, 0.15) is 34.1 Å². The zero-order valence-corrected chi connectivity index (χ0v) is 8.85. The predicted molar refractivity (Wildman–Crippen MR) is 53.5 cm³/mol. The van der Waals surface area contributed by atoms with Crippen LogP contribution in [-0.2, 0) is 4.79 Å². The third-order valence-electron chi connectivity index (χ3n) is 1.81. The average Bonchev–Trinajstić information content (AvgIpc) is 2.11. The van der Waals surface area contributed by atoms with E-state index in [1.165, 1.54) is 0 Å². The molecule has 3 heteroatoms. The number of aliphatic hydroxyl groups excluding tert-OH is 1. The Kier molecular flexibility index (Phi) is 5.19. The number of hydrogen-bond donors (Lipinski definition) is 2. The minimum absolute atomic E-state index is 0.00683. The number of carbonyl (C=O) groups is 1. The largest absolute Gasteiger partial charge is 0.512 e. The zero-order chi connectivity index (χ0) is 10.4. The van der Waals surface area contributed by atoms with Crippen molar-refractivity contribution in [1.82, 2.24) is 5.32 Å². The van der Waals surface area contributed by atoms with Gasteiger partial charge in [-0.3, -0.25) is 4.79 Å². The molecule has 0 spiro atoms. The van der Waals surface area contributed by atoms with Gasteiger partial charge < -0.3 is 10.4 Å². The summed E-state index contributed by atoms with van der Waals surface area (Å²) in [6.45, 7) is 7.99. The van der Waals surface area contributed by atoms with Gasteiger partial charge >= 0.3 is 0 Å². The van der Waals surface area contributed by atoms with Crippen LogP contribution in [0.4, 0.5) is 0 Å². The monoisotopic (exact) mass is 185 g/mol. The smallest absolute Gasteiger partial charge is 0.250 e. The maximum absolute atomic E-state index is 11.3. The second-order valence-corrected chi connectivity index (χ2v) is 3.42. The lowest BCUT2D eigenvalue weighted by atomic mass is 10.1. The molecule has 0 saturated carbocycles. The Bertz CT molecular complexity index is 207. The molecule has 0 aliphatic heterocycles. The molecule has 0 radical (unpaired) electrons. The van der Waals surface area contributed by atoms with E-state index in [0.717, 1.165) is 6.42 Å². The van der Waals surface area contributed by atoms with Crippen LogP contribution >= 0.6 is 0 Å². The van der Waals surface area contributed by atoms with Crippen molar-refractivity contribution in [2.45, 2.75) is 34.1 Å². The maximum atomic E-state index is 11.3. The number of rotatable bonds is 4. The van der Waals surface area contributed by atoms with E-state index in [0.29, 0.717) is 12.1 Å². The van der Waals surface area contributed by atoms with Crippen LogP contribution in [0, 0.1) is 5.92 Å². The standard InChI is InChI=1S/C10H19NO2/c1-5-6-11-10(13)8(4)9(12)7(2)3/h7,12H,5-6H2,1-4H3,(H,11,13). The van der Waals surface area contributed by atoms with E-state index in [2.05, 4.69) is 5.32 Å². The normalized spacial score (nSPS) is 12.7. The van der Waals surface area contributed by atoms with Crippen LogP contribution in [0.25, 0.3) is 0 Å². The molecule has 0 atom stereocenters. The van der Waals surface area contributed by atoms with Crippen molar-refractivity contribution in [2.24, 2.45) is 5.92 Å². The number of hydrogen-bond acceptors (Lipinski definition) is 2. The van der Waals surface area contributed by atoms with Gasteiger partial charge in [0.25, 0.3) is 0 Å². The second-order valence-electron chi connectivity index (χ2n) is 3.42. The first-order chi connectivity index (χ1) is 6.00. The first-order valence-electron chi connectivity index (χ1n) is 4.68. The van der Waals surface area contributed by atoms with Gasteiger partial charge in [0.15, 0.2) is 0 Å². The van der Waals surface area contributed by atoms with Crippen molar-refractivity contribution >= 4 is 5.91 Å². The third kappa shape index (κ3) is 3.97. The summed E-state index contributed by atoms with van der Waals surface area (Å²) < 4.78 is 0. The Morgan fingerprint density at radius 1 is 1.46 bits per heavy atom. The number of allylic oxidation sites excluding steroid dienone is 1. The van der Waals surface area contributed by atoms with Crippen LogP contribution in [-0.4, -0.2) is 17.6 Å². The summed E-state index contributed by atoms with van der Waals surface area (Å²) in [6.07, 6.45) is 0.904. The molecule has 0 bridgehead atoms. The Balaban J connectivity index is 4.31. The van der Waals surface area contributed by atoms with Crippen molar-refractivity contribution in [2.75, 3.05) is 6.54 Å². The fraction of sp³-hybridized carbons (Fsp3) is 0.700. The molecule has 13 heavy (non-hydrogen) atoms. The van der Waals surface area contributed by atoms with Gasteiger partial charge in [-0.2, -0.15) is 0 Å². The van der Waals surface area contributed by atoms with Crippen molar-refractivity contribution < 1.29 is 9.90 Å². The number of amides is 1. The number of aliphatic hydroxyl groups is 1. The van der Waals surface area contributed by atoms with Gasteiger partial charge in [0.2, 0.25) is 5.91 Å². The van der Waals surface area contributed by atoms with Crippen LogP contribution in [0.3, 0.4) is 0 Å². The molecule has 76 valence electrons. The molecule has 0 aliphatic rings. The summed E-state index contributed by atoms with van der Waals surface area (Å²) in [6, 6.07) is 0. The van der Waals surface area contributed by atoms with Gasteiger partial charge in [-0.1, -0.05) is 20.8 Å². The predicted octanol–water partition coefficient (Wildman–Crippen LogP) is 2.00. The van der Waals surface area contributed by atoms with E-state index in [9.17, 15) is 9.90 Å². The van der Waals surface area contributed by atoms with Gasteiger partial charge in [-0.05, 0) is 13.3 Å². The lowest BCUT2D eigenvalue weighted by molar-refractivity contribution is -0.117. The Morgan fingerprint density at radius 3 is 2.38 bits per heavy atom. The summed E-state index contributed by atoms with van der Waals surface area (Å²) in [7, 11) is 0. The summed E-state index contributed by atoms with van der Waals surface area (Å²) in [5.74, 6) is 0.00836. The summed E-state index contributed by atoms with van der Waals surface area (Å²) in [4.78, 5) is 11.3. The van der Waals surface area contributed by atoms with Gasteiger partial charge in [0, 0.05) is 12.5 Å². The Hall–Kier alpha value is -0.990. The highest BCUT2D eigenvalue weighted by Gasteiger charge is 2.11. The molecule has 0 aromatic rings. The summed E-state index contributed by atoms with van der Waals surface area (Å²) in [5.41, 5.74) is 0.420. The van der Waals surface area contributed by atoms with Crippen molar-refractivity contribution in [1.29, 1.82) is 0 Å². The first kappa shape index (κ1) is 12.0. The molecule has 3 nitrogen and oxygen atoms in total. The number of carbonyl (C=O) groups excluding carboxylic acids is 1. The lowest BCUT2D eigenvalue weighted by Crippen LogP contribution is -2.26. The maximum Gasteiger partial charge on any atom is 0.250 e. The van der Waals surface area contributed by atoms with Crippen LogP contribution in [0.2, 0.25) is 0 Å². The highest BCUT2D eigenvalue weighted by atomic mass is 16.3.